The van der Waals surface area contributed by atoms with Crippen LogP contribution in [0.25, 0.3) is 0 Å². The van der Waals surface area contributed by atoms with E-state index in [0.717, 1.165) is 11.2 Å². The largest absolute Gasteiger partial charge is 0.264 e. The molecule has 0 radical (unpaired) electrons. The highest BCUT2D eigenvalue weighted by Crippen LogP contribution is 2.22. The lowest BCUT2D eigenvalue weighted by Gasteiger charge is -2.24. The Labute approximate surface area is 55.4 Å². The topological polar surface area (TPSA) is 12.0 Å². The number of hydrogen-bond acceptors (Lipinski definition) is 2. The fraction of sp³-hybridized carbons (Fsp3) is 1.00. The molecule has 2 heteroatoms. The second-order valence-corrected chi connectivity index (χ2v) is 3.75. The van der Waals surface area contributed by atoms with Crippen LogP contribution >= 0.6 is 11.9 Å². The standard InChI is InChI=1S/C6H13NS/c1-5-3-4-7-8-6(5)2/h5-7H,3-4H2,1-2H3. The zero-order chi connectivity index (χ0) is 5.98. The molecule has 2 atom stereocenters. The fourth-order valence-electron chi connectivity index (χ4n) is 0.828. The molecule has 1 saturated heterocycles. The summed E-state index contributed by atoms with van der Waals surface area (Å²) in [5.74, 6) is 0.904. The second-order valence-electron chi connectivity index (χ2n) is 2.48. The minimum atomic E-state index is 0.809. The Balaban J connectivity index is 2.28. The normalized spacial score (nSPS) is 39.8. The SMILES string of the molecule is CC1CCNSC1C. The highest BCUT2D eigenvalue weighted by molar-refractivity contribution is 7.98. The molecular weight excluding hydrogens is 118 g/mol. The Kier molecular flexibility index (Phi) is 2.20. The van der Waals surface area contributed by atoms with E-state index in [0.29, 0.717) is 0 Å². The van der Waals surface area contributed by atoms with Crippen molar-refractivity contribution in [2.45, 2.75) is 25.5 Å². The highest BCUT2D eigenvalue weighted by Gasteiger charge is 2.15. The molecule has 0 aromatic carbocycles. The van der Waals surface area contributed by atoms with E-state index in [9.17, 15) is 0 Å². The van der Waals surface area contributed by atoms with Crippen LogP contribution in [0.15, 0.2) is 0 Å². The van der Waals surface area contributed by atoms with Crippen LogP contribution in [0.3, 0.4) is 0 Å². The first-order valence-electron chi connectivity index (χ1n) is 3.19. The monoisotopic (exact) mass is 131 g/mol. The Bertz CT molecular complexity index is 64.9. The Morgan fingerprint density at radius 2 is 2.25 bits per heavy atom. The van der Waals surface area contributed by atoms with Gasteiger partial charge < -0.3 is 0 Å². The Morgan fingerprint density at radius 3 is 2.62 bits per heavy atom. The van der Waals surface area contributed by atoms with Gasteiger partial charge >= 0.3 is 0 Å². The molecule has 0 aliphatic carbocycles. The molecule has 2 unspecified atom stereocenters. The first kappa shape index (κ1) is 6.43. The Morgan fingerprint density at radius 1 is 1.50 bits per heavy atom. The summed E-state index contributed by atoms with van der Waals surface area (Å²) in [5.41, 5.74) is 0. The molecule has 0 amide bonds. The predicted octanol–water partition coefficient (Wildman–Crippen LogP) is 1.65. The molecule has 1 rings (SSSR count). The summed E-state index contributed by atoms with van der Waals surface area (Å²) >= 11 is 1.88. The van der Waals surface area contributed by atoms with Gasteiger partial charge in [-0.05, 0) is 12.3 Å². The maximum atomic E-state index is 3.28. The molecular formula is C6H13NS. The van der Waals surface area contributed by atoms with E-state index < -0.39 is 0 Å². The van der Waals surface area contributed by atoms with Crippen molar-refractivity contribution < 1.29 is 0 Å². The Hall–Kier alpha value is 0.310. The van der Waals surface area contributed by atoms with E-state index in [1.165, 1.54) is 13.0 Å². The maximum absolute atomic E-state index is 3.28. The van der Waals surface area contributed by atoms with E-state index in [4.69, 9.17) is 0 Å². The van der Waals surface area contributed by atoms with Crippen molar-refractivity contribution in [3.8, 4) is 0 Å². The molecule has 0 saturated carbocycles. The molecule has 1 aliphatic rings. The van der Waals surface area contributed by atoms with Crippen LogP contribution in [0.4, 0.5) is 0 Å². The lowest BCUT2D eigenvalue weighted by Crippen LogP contribution is -2.26. The van der Waals surface area contributed by atoms with E-state index in [1.54, 1.807) is 0 Å². The molecule has 0 aromatic rings. The fourth-order valence-corrected chi connectivity index (χ4v) is 1.69. The smallest absolute Gasteiger partial charge is 0.0190 e. The van der Waals surface area contributed by atoms with Gasteiger partial charge in [0.1, 0.15) is 0 Å². The average Bonchev–Trinajstić information content (AvgIpc) is 1.77. The molecule has 0 spiro atoms. The van der Waals surface area contributed by atoms with Crippen LogP contribution in [0.5, 0.6) is 0 Å². The summed E-state index contributed by atoms with van der Waals surface area (Å²) in [6.07, 6.45) is 1.34. The molecule has 1 N–H and O–H groups in total. The zero-order valence-electron chi connectivity index (χ0n) is 5.48. The van der Waals surface area contributed by atoms with Gasteiger partial charge in [0, 0.05) is 11.8 Å². The van der Waals surface area contributed by atoms with Gasteiger partial charge in [-0.25, -0.2) is 0 Å². The van der Waals surface area contributed by atoms with E-state index in [2.05, 4.69) is 18.6 Å². The third kappa shape index (κ3) is 1.39. The molecule has 8 heavy (non-hydrogen) atoms. The quantitative estimate of drug-likeness (QED) is 0.502. The summed E-state index contributed by atoms with van der Waals surface area (Å²) in [5, 5.41) is 0.809. The first-order chi connectivity index (χ1) is 3.80. The maximum Gasteiger partial charge on any atom is 0.0190 e. The summed E-state index contributed by atoms with van der Waals surface area (Å²) in [6, 6.07) is 0. The van der Waals surface area contributed by atoms with Gasteiger partial charge in [0.05, 0.1) is 0 Å². The predicted molar refractivity (Wildman–Crippen MR) is 38.8 cm³/mol. The number of hydrogen-bond donors (Lipinski definition) is 1. The van der Waals surface area contributed by atoms with Crippen molar-refractivity contribution in [2.24, 2.45) is 5.92 Å². The minimum Gasteiger partial charge on any atom is -0.264 e. The summed E-state index contributed by atoms with van der Waals surface area (Å²) in [7, 11) is 0. The number of rotatable bonds is 0. The van der Waals surface area contributed by atoms with Gasteiger partial charge in [-0.1, -0.05) is 25.8 Å². The summed E-state index contributed by atoms with van der Waals surface area (Å²) < 4.78 is 3.28. The third-order valence-electron chi connectivity index (χ3n) is 1.77. The van der Waals surface area contributed by atoms with Gasteiger partial charge in [-0.2, -0.15) is 0 Å². The van der Waals surface area contributed by atoms with Crippen LogP contribution in [-0.4, -0.2) is 11.8 Å². The zero-order valence-corrected chi connectivity index (χ0v) is 6.29. The van der Waals surface area contributed by atoms with Crippen molar-refractivity contribution in [1.82, 2.24) is 4.72 Å². The van der Waals surface area contributed by atoms with Crippen LogP contribution in [0, 0.1) is 5.92 Å². The second kappa shape index (κ2) is 2.74. The summed E-state index contributed by atoms with van der Waals surface area (Å²) in [6.45, 7) is 5.79. The van der Waals surface area contributed by atoms with Crippen molar-refractivity contribution in [3.05, 3.63) is 0 Å². The van der Waals surface area contributed by atoms with Gasteiger partial charge in [-0.15, -0.1) is 0 Å². The van der Waals surface area contributed by atoms with E-state index in [-0.39, 0.29) is 0 Å². The molecule has 1 heterocycles. The van der Waals surface area contributed by atoms with Crippen LogP contribution in [-0.2, 0) is 0 Å². The molecule has 0 bridgehead atoms. The summed E-state index contributed by atoms with van der Waals surface area (Å²) in [4.78, 5) is 0. The molecule has 1 fully saturated rings. The molecule has 1 nitrogen and oxygen atoms in total. The van der Waals surface area contributed by atoms with Crippen LogP contribution in [0.2, 0.25) is 0 Å². The first-order valence-corrected chi connectivity index (χ1v) is 4.07. The van der Waals surface area contributed by atoms with Crippen molar-refractivity contribution in [1.29, 1.82) is 0 Å². The third-order valence-corrected chi connectivity index (χ3v) is 2.98. The average molecular weight is 131 g/mol. The van der Waals surface area contributed by atoms with Crippen molar-refractivity contribution in [3.63, 3.8) is 0 Å². The van der Waals surface area contributed by atoms with Gasteiger partial charge in [-0.3, -0.25) is 4.72 Å². The number of nitrogens with one attached hydrogen (secondary N) is 1. The van der Waals surface area contributed by atoms with Crippen molar-refractivity contribution >= 4 is 11.9 Å². The van der Waals surface area contributed by atoms with Gasteiger partial charge in [0.25, 0.3) is 0 Å². The molecule has 1 aliphatic heterocycles. The molecule has 0 aromatic heterocycles. The van der Waals surface area contributed by atoms with Gasteiger partial charge in [0.15, 0.2) is 0 Å². The van der Waals surface area contributed by atoms with E-state index >= 15 is 0 Å². The van der Waals surface area contributed by atoms with Crippen molar-refractivity contribution in [2.75, 3.05) is 6.54 Å². The molecule has 48 valence electrons. The van der Waals surface area contributed by atoms with Crippen LogP contribution < -0.4 is 4.72 Å². The highest BCUT2D eigenvalue weighted by atomic mass is 32.2. The van der Waals surface area contributed by atoms with Crippen LogP contribution in [0.1, 0.15) is 20.3 Å². The van der Waals surface area contributed by atoms with Gasteiger partial charge in [0.2, 0.25) is 0 Å². The van der Waals surface area contributed by atoms with E-state index in [1.807, 2.05) is 11.9 Å². The lowest BCUT2D eigenvalue weighted by atomic mass is 10.1. The lowest BCUT2D eigenvalue weighted by molar-refractivity contribution is 0.507. The minimum absolute atomic E-state index is 0.809.